The van der Waals surface area contributed by atoms with Gasteiger partial charge in [-0.3, -0.25) is 9.69 Å². The number of halogens is 2. The number of hydrogen-bond donors (Lipinski definition) is 1. The van der Waals surface area contributed by atoms with Crippen LogP contribution in [0.15, 0.2) is 18.2 Å². The van der Waals surface area contributed by atoms with Gasteiger partial charge in [-0.2, -0.15) is 8.78 Å². The average molecular weight is 358 g/mol. The minimum atomic E-state index is -3.18. The third-order valence-electron chi connectivity index (χ3n) is 3.38. The number of carbonyl (C=O) groups excluding carboxylic acids is 3. The van der Waals surface area contributed by atoms with Gasteiger partial charge >= 0.3 is 18.6 Å². The number of ether oxygens (including phenoxy) is 3. The second-order valence-corrected chi connectivity index (χ2v) is 4.98. The van der Waals surface area contributed by atoms with Crippen LogP contribution in [0, 0.1) is 0 Å². The molecule has 0 radical (unpaired) electrons. The summed E-state index contributed by atoms with van der Waals surface area (Å²) < 4.78 is 39.4. The van der Waals surface area contributed by atoms with Gasteiger partial charge in [0.25, 0.3) is 5.91 Å². The number of urea groups is 1. The Morgan fingerprint density at radius 1 is 1.32 bits per heavy atom. The molecule has 1 unspecified atom stereocenters. The molecule has 1 heterocycles. The minimum Gasteiger partial charge on any atom is -0.493 e. The number of para-hydroxylation sites is 1. The normalized spacial score (nSPS) is 14.9. The molecule has 0 spiro atoms. The molecular formula is C15H16F2N2O6. The largest absolute Gasteiger partial charge is 0.493 e. The molecule has 1 fully saturated rings. The van der Waals surface area contributed by atoms with Crippen LogP contribution in [-0.4, -0.2) is 55.7 Å². The highest BCUT2D eigenvalue weighted by Crippen LogP contribution is 2.33. The van der Waals surface area contributed by atoms with E-state index in [-0.39, 0.29) is 17.9 Å². The Bertz CT molecular complexity index is 682. The van der Waals surface area contributed by atoms with Crippen LogP contribution in [0.2, 0.25) is 0 Å². The van der Waals surface area contributed by atoms with E-state index in [0.29, 0.717) is 6.54 Å². The van der Waals surface area contributed by atoms with Crippen molar-refractivity contribution < 1.29 is 37.4 Å². The molecule has 136 valence electrons. The molecule has 0 bridgehead atoms. The molecule has 8 nitrogen and oxygen atoms in total. The van der Waals surface area contributed by atoms with Gasteiger partial charge in [-0.15, -0.1) is 0 Å². The van der Waals surface area contributed by atoms with Crippen LogP contribution in [0.4, 0.5) is 13.6 Å². The third kappa shape index (κ3) is 4.14. The van der Waals surface area contributed by atoms with E-state index >= 15 is 0 Å². The molecule has 3 amide bonds. The lowest BCUT2D eigenvalue weighted by atomic mass is 10.2. The second kappa shape index (κ2) is 7.77. The number of amides is 3. The summed E-state index contributed by atoms with van der Waals surface area (Å²) in [6.07, 6.45) is -1.29. The number of nitrogens with one attached hydrogen (secondary N) is 1. The van der Waals surface area contributed by atoms with Crippen molar-refractivity contribution in [2.24, 2.45) is 0 Å². The summed E-state index contributed by atoms with van der Waals surface area (Å²) in [4.78, 5) is 36.7. The van der Waals surface area contributed by atoms with Gasteiger partial charge in [-0.25, -0.2) is 9.59 Å². The van der Waals surface area contributed by atoms with Gasteiger partial charge in [0.15, 0.2) is 17.6 Å². The monoisotopic (exact) mass is 358 g/mol. The van der Waals surface area contributed by atoms with Crippen molar-refractivity contribution in [2.45, 2.75) is 19.6 Å². The third-order valence-corrected chi connectivity index (χ3v) is 3.38. The van der Waals surface area contributed by atoms with E-state index in [0.717, 1.165) is 4.90 Å². The number of carbonyl (C=O) groups is 3. The van der Waals surface area contributed by atoms with Crippen molar-refractivity contribution >= 4 is 17.9 Å². The van der Waals surface area contributed by atoms with E-state index in [2.05, 4.69) is 10.1 Å². The fourth-order valence-electron chi connectivity index (χ4n) is 2.22. The average Bonchev–Trinajstić information content (AvgIpc) is 2.99. The summed E-state index contributed by atoms with van der Waals surface area (Å²) in [6, 6.07) is 3.32. The van der Waals surface area contributed by atoms with Gasteiger partial charge in [0, 0.05) is 13.1 Å². The van der Waals surface area contributed by atoms with Gasteiger partial charge in [-0.05, 0) is 19.1 Å². The van der Waals surface area contributed by atoms with Gasteiger partial charge in [0.1, 0.15) is 5.56 Å². The highest BCUT2D eigenvalue weighted by atomic mass is 19.3. The molecule has 10 heteroatoms. The summed E-state index contributed by atoms with van der Waals surface area (Å²) >= 11 is 0. The van der Waals surface area contributed by atoms with Crippen LogP contribution in [0.25, 0.3) is 0 Å². The van der Waals surface area contributed by atoms with E-state index in [4.69, 9.17) is 9.47 Å². The first kappa shape index (κ1) is 18.4. The predicted octanol–water partition coefficient (Wildman–Crippen LogP) is 1.39. The first-order valence-electron chi connectivity index (χ1n) is 7.27. The lowest BCUT2D eigenvalue weighted by molar-refractivity contribution is -0.136. The van der Waals surface area contributed by atoms with E-state index in [1.165, 1.54) is 32.2 Å². The Labute approximate surface area is 141 Å². The molecule has 1 aliphatic heterocycles. The topological polar surface area (TPSA) is 94.2 Å². The van der Waals surface area contributed by atoms with Crippen LogP contribution in [0.3, 0.4) is 0 Å². The zero-order valence-corrected chi connectivity index (χ0v) is 13.5. The molecule has 1 N–H and O–H groups in total. The van der Waals surface area contributed by atoms with Gasteiger partial charge < -0.3 is 19.5 Å². The molecule has 0 aliphatic carbocycles. The summed E-state index contributed by atoms with van der Waals surface area (Å²) in [5.41, 5.74) is -0.329. The first-order chi connectivity index (χ1) is 11.8. The van der Waals surface area contributed by atoms with Crippen molar-refractivity contribution in [2.75, 3.05) is 20.2 Å². The van der Waals surface area contributed by atoms with E-state index < -0.39 is 36.4 Å². The Hall–Kier alpha value is -2.91. The predicted molar refractivity (Wildman–Crippen MR) is 79.6 cm³/mol. The molecule has 2 rings (SSSR count). The zero-order chi connectivity index (χ0) is 18.6. The number of imide groups is 1. The number of esters is 1. The summed E-state index contributed by atoms with van der Waals surface area (Å²) in [7, 11) is 1.22. The first-order valence-corrected chi connectivity index (χ1v) is 7.27. The van der Waals surface area contributed by atoms with E-state index in [1.807, 2.05) is 0 Å². The zero-order valence-electron chi connectivity index (χ0n) is 13.5. The molecule has 1 aromatic carbocycles. The Balaban J connectivity index is 2.17. The Kier molecular flexibility index (Phi) is 5.73. The lowest BCUT2D eigenvalue weighted by Gasteiger charge is -2.19. The maximum atomic E-state index is 12.6. The van der Waals surface area contributed by atoms with Crippen LogP contribution >= 0.6 is 0 Å². The maximum absolute atomic E-state index is 12.6. The van der Waals surface area contributed by atoms with Gasteiger partial charge in [-0.1, -0.05) is 6.07 Å². The minimum absolute atomic E-state index is 0.0901. The molecule has 1 aromatic rings. The molecule has 0 saturated carbocycles. The summed E-state index contributed by atoms with van der Waals surface area (Å²) in [6.45, 7) is -1.46. The molecular weight excluding hydrogens is 342 g/mol. The maximum Gasteiger partial charge on any atom is 0.387 e. The SMILES string of the molecule is COc1cccc(C(=O)OC(C)C(=O)N2CCNC2=O)c1OC(F)F. The van der Waals surface area contributed by atoms with Crippen LogP contribution in [0.5, 0.6) is 11.5 Å². The number of nitrogens with zero attached hydrogens (tertiary/aromatic N) is 1. The van der Waals surface area contributed by atoms with Crippen molar-refractivity contribution in [3.63, 3.8) is 0 Å². The molecule has 1 saturated heterocycles. The molecule has 1 atom stereocenters. The molecule has 1 aliphatic rings. The summed E-state index contributed by atoms with van der Waals surface area (Å²) in [5.74, 6) is -2.37. The molecule has 0 aromatic heterocycles. The number of rotatable bonds is 6. The van der Waals surface area contributed by atoms with Gasteiger partial charge in [0.2, 0.25) is 0 Å². The fourth-order valence-corrected chi connectivity index (χ4v) is 2.22. The molecule has 25 heavy (non-hydrogen) atoms. The van der Waals surface area contributed by atoms with Crippen LogP contribution in [-0.2, 0) is 9.53 Å². The van der Waals surface area contributed by atoms with E-state index in [1.54, 1.807) is 0 Å². The number of methoxy groups -OCH3 is 1. The number of benzene rings is 1. The highest BCUT2D eigenvalue weighted by molar-refractivity contribution is 6.00. The highest BCUT2D eigenvalue weighted by Gasteiger charge is 2.32. The lowest BCUT2D eigenvalue weighted by Crippen LogP contribution is -2.41. The van der Waals surface area contributed by atoms with Crippen molar-refractivity contribution in [1.82, 2.24) is 10.2 Å². The second-order valence-electron chi connectivity index (χ2n) is 4.98. The number of alkyl halides is 2. The smallest absolute Gasteiger partial charge is 0.387 e. The standard InChI is InChI=1S/C15H16F2N2O6/c1-8(12(20)19-7-6-18-15(19)22)24-13(21)9-4-3-5-10(23-2)11(9)25-14(16)17/h3-5,8,14H,6-7H2,1-2H3,(H,18,22). The van der Waals surface area contributed by atoms with Gasteiger partial charge in [0.05, 0.1) is 7.11 Å². The van der Waals surface area contributed by atoms with Crippen LogP contribution < -0.4 is 14.8 Å². The number of hydrogen-bond acceptors (Lipinski definition) is 6. The summed E-state index contributed by atoms with van der Waals surface area (Å²) in [5, 5.41) is 2.44. The van der Waals surface area contributed by atoms with Crippen LogP contribution in [0.1, 0.15) is 17.3 Å². The van der Waals surface area contributed by atoms with Crippen molar-refractivity contribution in [1.29, 1.82) is 0 Å². The van der Waals surface area contributed by atoms with Crippen molar-refractivity contribution in [3.8, 4) is 11.5 Å². The Morgan fingerprint density at radius 2 is 2.04 bits per heavy atom. The quantitative estimate of drug-likeness (QED) is 0.773. The van der Waals surface area contributed by atoms with Crippen molar-refractivity contribution in [3.05, 3.63) is 23.8 Å². The Morgan fingerprint density at radius 3 is 2.60 bits per heavy atom. The van der Waals surface area contributed by atoms with E-state index in [9.17, 15) is 23.2 Å². The fraction of sp³-hybridized carbons (Fsp3) is 0.400.